The Labute approximate surface area is 308 Å². The largest absolute Gasteiger partial charge is 0.479 e. The minimum absolute atomic E-state index is 0.0793. The third-order valence-electron chi connectivity index (χ3n) is 11.0. The van der Waals surface area contributed by atoms with Crippen LogP contribution in [0.1, 0.15) is 76.7 Å². The number of fused-ring (bicyclic) bond motifs is 3. The molecule has 2 aliphatic heterocycles. The molecule has 8 rings (SSSR count). The summed E-state index contributed by atoms with van der Waals surface area (Å²) in [6, 6.07) is 1.63. The predicted octanol–water partition coefficient (Wildman–Crippen LogP) is 5.52. The molecule has 5 heterocycles. The molecule has 0 radical (unpaired) electrons. The number of nitrogens with zero attached hydrogens (tertiary/aromatic N) is 5. The molecule has 1 aromatic carbocycles. The molecule has 1 saturated heterocycles. The Balaban J connectivity index is 1.15. The third kappa shape index (κ3) is 6.71. The Hall–Kier alpha value is -4.63. The van der Waals surface area contributed by atoms with Gasteiger partial charge in [0.15, 0.2) is 0 Å². The number of aromatic nitrogens is 4. The van der Waals surface area contributed by atoms with Crippen molar-refractivity contribution in [2.75, 3.05) is 6.54 Å². The molecule has 52 heavy (non-hydrogen) atoms. The van der Waals surface area contributed by atoms with E-state index in [1.807, 2.05) is 39.6 Å². The second-order valence-electron chi connectivity index (χ2n) is 14.4. The van der Waals surface area contributed by atoms with E-state index in [1.165, 1.54) is 22.7 Å². The lowest BCUT2D eigenvalue weighted by Gasteiger charge is -2.30. The van der Waals surface area contributed by atoms with E-state index >= 15 is 0 Å². The molecule has 1 unspecified atom stereocenters. The fraction of sp³-hybridized carbons (Fsp3) is 0.486. The highest BCUT2D eigenvalue weighted by Crippen LogP contribution is 2.46. The van der Waals surface area contributed by atoms with E-state index in [4.69, 9.17) is 4.98 Å². The first-order valence-corrected chi connectivity index (χ1v) is 20.0. The Kier molecular flexibility index (Phi) is 9.55. The van der Waals surface area contributed by atoms with Gasteiger partial charge in [0.25, 0.3) is 0 Å². The minimum Gasteiger partial charge on any atom is -0.479 e. The van der Waals surface area contributed by atoms with Gasteiger partial charge in [0.1, 0.15) is 27.6 Å². The van der Waals surface area contributed by atoms with Gasteiger partial charge < -0.3 is 30.5 Å². The van der Waals surface area contributed by atoms with Crippen molar-refractivity contribution in [2.45, 2.75) is 100 Å². The highest BCUT2D eigenvalue weighted by Gasteiger charge is 2.61. The van der Waals surface area contributed by atoms with Crippen LogP contribution in [0.3, 0.4) is 0 Å². The SMILES string of the molecule is O=C(NC1CCCC1)N[C@@H]1CCCCC/C=C\[C@H]2CC2(C(=O)O)NC(=O)[C@@H]2C[C@@H](n3cnc4c(-c5nccs5)cc(-c5nccs5)cc43)CN2C1=O. The average molecular weight is 743 g/mol. The first-order chi connectivity index (χ1) is 25.3. The number of rotatable bonds is 6. The van der Waals surface area contributed by atoms with Gasteiger partial charge in [-0.25, -0.2) is 24.5 Å². The summed E-state index contributed by atoms with van der Waals surface area (Å²) in [5.41, 5.74) is 1.93. The summed E-state index contributed by atoms with van der Waals surface area (Å²) in [4.78, 5) is 70.2. The maximum absolute atomic E-state index is 14.6. The molecule has 5 atom stereocenters. The monoisotopic (exact) mass is 742 g/mol. The van der Waals surface area contributed by atoms with Gasteiger partial charge in [-0.2, -0.15) is 0 Å². The molecule has 3 aromatic heterocycles. The highest BCUT2D eigenvalue weighted by atomic mass is 32.1. The van der Waals surface area contributed by atoms with Crippen LogP contribution in [0.5, 0.6) is 0 Å². The molecular weight excluding hydrogens is 701 g/mol. The molecule has 3 fully saturated rings. The molecule has 2 saturated carbocycles. The summed E-state index contributed by atoms with van der Waals surface area (Å²) < 4.78 is 2.01. The number of aliphatic carboxylic acids is 1. The Morgan fingerprint density at radius 1 is 0.942 bits per heavy atom. The summed E-state index contributed by atoms with van der Waals surface area (Å²) in [6.45, 7) is 0.183. The van der Waals surface area contributed by atoms with Crippen molar-refractivity contribution < 1.29 is 24.3 Å². The quantitative estimate of drug-likeness (QED) is 0.187. The average Bonchev–Trinajstić information content (AvgIpc) is 3.88. The second-order valence-corrected chi connectivity index (χ2v) is 16.2. The number of carboxylic acid groups (broad SMARTS) is 1. The first kappa shape index (κ1) is 34.5. The topological polar surface area (TPSA) is 171 Å². The zero-order chi connectivity index (χ0) is 35.8. The van der Waals surface area contributed by atoms with E-state index in [0.29, 0.717) is 12.8 Å². The number of carboxylic acids is 1. The molecule has 4 amide bonds. The summed E-state index contributed by atoms with van der Waals surface area (Å²) in [7, 11) is 0. The maximum Gasteiger partial charge on any atom is 0.330 e. The number of allylic oxidation sites excluding steroid dienone is 1. The molecule has 272 valence electrons. The number of imidazole rings is 1. The lowest BCUT2D eigenvalue weighted by atomic mass is 10.0. The van der Waals surface area contributed by atoms with Gasteiger partial charge in [0.2, 0.25) is 11.8 Å². The van der Waals surface area contributed by atoms with Crippen molar-refractivity contribution >= 4 is 57.5 Å². The van der Waals surface area contributed by atoms with E-state index in [-0.39, 0.29) is 42.9 Å². The second kappa shape index (κ2) is 14.4. The number of hydrogen-bond donors (Lipinski definition) is 4. The van der Waals surface area contributed by atoms with Crippen LogP contribution in [-0.4, -0.2) is 83.5 Å². The number of urea groups is 1. The van der Waals surface area contributed by atoms with E-state index < -0.39 is 29.5 Å². The Morgan fingerprint density at radius 2 is 1.71 bits per heavy atom. The van der Waals surface area contributed by atoms with Gasteiger partial charge in [-0.1, -0.05) is 37.8 Å². The molecule has 4 N–H and O–H groups in total. The van der Waals surface area contributed by atoms with Gasteiger partial charge in [-0.3, -0.25) is 9.59 Å². The van der Waals surface area contributed by atoms with Crippen molar-refractivity contribution in [2.24, 2.45) is 5.92 Å². The molecule has 4 aromatic rings. The molecule has 15 heteroatoms. The lowest BCUT2D eigenvalue weighted by Crippen LogP contribution is -2.57. The van der Waals surface area contributed by atoms with Crippen LogP contribution in [0.4, 0.5) is 4.79 Å². The predicted molar refractivity (Wildman–Crippen MR) is 198 cm³/mol. The van der Waals surface area contributed by atoms with E-state index in [0.717, 1.165) is 83.5 Å². The number of hydrogen-bond acceptors (Lipinski definition) is 9. The molecule has 13 nitrogen and oxygen atoms in total. The van der Waals surface area contributed by atoms with Crippen molar-refractivity contribution in [1.82, 2.24) is 40.4 Å². The van der Waals surface area contributed by atoms with Gasteiger partial charge in [0, 0.05) is 52.8 Å². The standard InChI is InChI=1S/C37H42N8O5S2/c46-31-29-18-25(45-21-40-30-26(33-39-13-15-52-33)16-22(17-28(30)45)32-38-12-14-51-32)20-44(29)34(47)27(42-36(50)41-24-9-6-7-10-24)11-5-3-1-2-4-8-23-19-37(23,43-31)35(48)49/h4,8,12-17,21,23-25,27,29H,1-3,5-7,9-11,18-20H2,(H,43,46)(H,48,49)(H2,41,42,50)/b8-4-/t23-,25+,27+,29-,37?/m0/s1. The summed E-state index contributed by atoms with van der Waals surface area (Å²) in [5.74, 6) is -2.25. The number of thiazole rings is 2. The fourth-order valence-electron chi connectivity index (χ4n) is 8.17. The Bertz CT molecular complexity index is 1990. The lowest BCUT2D eigenvalue weighted by molar-refractivity contribution is -0.145. The van der Waals surface area contributed by atoms with Gasteiger partial charge in [-0.05, 0) is 57.1 Å². The number of carbonyl (C=O) groups is 4. The number of benzene rings is 1. The van der Waals surface area contributed by atoms with Gasteiger partial charge >= 0.3 is 12.0 Å². The molecular formula is C37H42N8O5S2. The fourth-order valence-corrected chi connectivity index (χ4v) is 9.45. The van der Waals surface area contributed by atoms with E-state index in [9.17, 15) is 24.3 Å². The van der Waals surface area contributed by atoms with E-state index in [1.54, 1.807) is 23.6 Å². The van der Waals surface area contributed by atoms with E-state index in [2.05, 4.69) is 25.9 Å². The van der Waals surface area contributed by atoms with Crippen LogP contribution in [0.25, 0.3) is 32.2 Å². The van der Waals surface area contributed by atoms with Crippen LogP contribution in [0.15, 0.2) is 53.8 Å². The first-order valence-electron chi connectivity index (χ1n) is 18.2. The number of nitrogens with one attached hydrogen (secondary N) is 3. The number of amides is 4. The Morgan fingerprint density at radius 3 is 2.46 bits per heavy atom. The normalized spacial score (nSPS) is 27.7. The smallest absolute Gasteiger partial charge is 0.330 e. The van der Waals surface area contributed by atoms with Crippen molar-refractivity contribution in [3.05, 3.63) is 53.8 Å². The molecule has 4 aliphatic rings. The number of carbonyl (C=O) groups excluding carboxylic acids is 3. The summed E-state index contributed by atoms with van der Waals surface area (Å²) >= 11 is 3.05. The summed E-state index contributed by atoms with van der Waals surface area (Å²) in [6.07, 6.45) is 17.3. The maximum atomic E-state index is 14.6. The van der Waals surface area contributed by atoms with Gasteiger partial charge in [0.05, 0.1) is 23.4 Å². The summed E-state index contributed by atoms with van der Waals surface area (Å²) in [5, 5.41) is 24.7. The van der Waals surface area contributed by atoms with Crippen molar-refractivity contribution in [3.63, 3.8) is 0 Å². The minimum atomic E-state index is -1.41. The molecule has 0 bridgehead atoms. The van der Waals surface area contributed by atoms with Gasteiger partial charge in [-0.15, -0.1) is 22.7 Å². The highest BCUT2D eigenvalue weighted by molar-refractivity contribution is 7.13. The van der Waals surface area contributed by atoms with Crippen molar-refractivity contribution in [1.29, 1.82) is 0 Å². The van der Waals surface area contributed by atoms with Crippen LogP contribution in [0, 0.1) is 5.92 Å². The zero-order valence-corrected chi connectivity index (χ0v) is 30.3. The molecule has 0 spiro atoms. The van der Waals surface area contributed by atoms with Crippen LogP contribution < -0.4 is 16.0 Å². The van der Waals surface area contributed by atoms with Crippen LogP contribution in [0.2, 0.25) is 0 Å². The molecule has 2 aliphatic carbocycles. The van der Waals surface area contributed by atoms with Crippen molar-refractivity contribution in [3.8, 4) is 21.1 Å². The van der Waals surface area contributed by atoms with Crippen LogP contribution >= 0.6 is 22.7 Å². The zero-order valence-electron chi connectivity index (χ0n) is 28.7. The third-order valence-corrected chi connectivity index (χ3v) is 12.7. The van der Waals surface area contributed by atoms with Crippen LogP contribution in [-0.2, 0) is 14.4 Å².